The van der Waals surface area contributed by atoms with E-state index in [0.29, 0.717) is 11.8 Å². The number of carbonyl (C=O) groups excluding carboxylic acids is 1. The maximum Gasteiger partial charge on any atom is 0.252 e. The van der Waals surface area contributed by atoms with Gasteiger partial charge in [-0.25, -0.2) is 5.43 Å². The number of fused-ring (bicyclic) bond motifs is 2. The summed E-state index contributed by atoms with van der Waals surface area (Å²) in [6.07, 6.45) is 9.60. The average molecular weight is 365 g/mol. The number of benzene rings is 1. The molecule has 0 radical (unpaired) electrons. The Balaban J connectivity index is 1.76. The van der Waals surface area contributed by atoms with Crippen LogP contribution in [-0.2, 0) is 0 Å². The number of allylic oxidation sites excluding steroid dienone is 5. The van der Waals surface area contributed by atoms with Gasteiger partial charge in [-0.1, -0.05) is 38.5 Å². The highest BCUT2D eigenvalue weighted by atomic mass is 16.3. The highest BCUT2D eigenvalue weighted by molar-refractivity contribution is 5.97. The van der Waals surface area contributed by atoms with Crippen LogP contribution in [0.2, 0.25) is 0 Å². The summed E-state index contributed by atoms with van der Waals surface area (Å²) >= 11 is 0. The summed E-state index contributed by atoms with van der Waals surface area (Å²) in [4.78, 5) is 11.8. The first-order chi connectivity index (χ1) is 13.0. The van der Waals surface area contributed by atoms with Crippen molar-refractivity contribution in [1.82, 2.24) is 10.9 Å². The number of hydrogen-bond donors (Lipinski definition) is 4. The van der Waals surface area contributed by atoms with Crippen molar-refractivity contribution in [3.05, 3.63) is 58.3 Å². The van der Waals surface area contributed by atoms with Crippen molar-refractivity contribution in [2.24, 2.45) is 17.6 Å². The molecule has 1 heterocycles. The van der Waals surface area contributed by atoms with Crippen LogP contribution >= 0.6 is 0 Å². The standard InChI is InChI=1S/C22H27N3O2/c1-3-4-12(2)20-16(7-8-17(21(20)26)22(23)27)15-6-5-13-10-19-14(9-18(13)15)11-24-25-19/h5-8,10,12,14,18,24-26H,3-4,9,11H2,1-2H3,(H2,23,27). The van der Waals surface area contributed by atoms with E-state index < -0.39 is 5.91 Å². The minimum absolute atomic E-state index is 0.0477. The molecule has 0 saturated carbocycles. The highest BCUT2D eigenvalue weighted by Gasteiger charge is 2.36. The molecule has 1 aromatic rings. The van der Waals surface area contributed by atoms with Gasteiger partial charge in [-0.15, -0.1) is 0 Å². The van der Waals surface area contributed by atoms with E-state index in [4.69, 9.17) is 5.73 Å². The van der Waals surface area contributed by atoms with Gasteiger partial charge in [-0.3, -0.25) is 4.79 Å². The van der Waals surface area contributed by atoms with E-state index in [1.807, 2.05) is 6.07 Å². The van der Waals surface area contributed by atoms with E-state index in [1.54, 1.807) is 6.07 Å². The summed E-state index contributed by atoms with van der Waals surface area (Å²) in [6.45, 7) is 5.18. The number of amides is 1. The lowest BCUT2D eigenvalue weighted by Gasteiger charge is -2.28. The summed E-state index contributed by atoms with van der Waals surface area (Å²) in [5.74, 6) is 0.428. The number of nitrogens with two attached hydrogens (primary N) is 1. The largest absolute Gasteiger partial charge is 0.507 e. The van der Waals surface area contributed by atoms with Gasteiger partial charge in [0.1, 0.15) is 5.75 Å². The molecule has 1 fully saturated rings. The lowest BCUT2D eigenvalue weighted by Crippen LogP contribution is -2.21. The van der Waals surface area contributed by atoms with E-state index in [2.05, 4.69) is 42.9 Å². The van der Waals surface area contributed by atoms with Crippen LogP contribution < -0.4 is 16.6 Å². The Bertz CT molecular complexity index is 882. The molecule has 0 aromatic heterocycles. The molecule has 142 valence electrons. The Kier molecular flexibility index (Phi) is 4.56. The van der Waals surface area contributed by atoms with E-state index >= 15 is 0 Å². The van der Waals surface area contributed by atoms with Crippen molar-refractivity contribution in [2.45, 2.75) is 39.0 Å². The monoisotopic (exact) mass is 365 g/mol. The van der Waals surface area contributed by atoms with Crippen LogP contribution in [0.15, 0.2) is 41.6 Å². The van der Waals surface area contributed by atoms with Crippen LogP contribution in [-0.4, -0.2) is 17.6 Å². The molecule has 4 rings (SSSR count). The fourth-order valence-electron chi connectivity index (χ4n) is 4.74. The first-order valence-electron chi connectivity index (χ1n) is 9.79. The van der Waals surface area contributed by atoms with Crippen LogP contribution in [0, 0.1) is 11.8 Å². The van der Waals surface area contributed by atoms with Crippen molar-refractivity contribution in [1.29, 1.82) is 0 Å². The molecule has 0 bridgehead atoms. The van der Waals surface area contributed by atoms with Crippen LogP contribution in [0.5, 0.6) is 5.75 Å². The van der Waals surface area contributed by atoms with Crippen molar-refractivity contribution in [3.8, 4) is 5.75 Å². The lowest BCUT2D eigenvalue weighted by atomic mass is 9.76. The van der Waals surface area contributed by atoms with Crippen molar-refractivity contribution in [2.75, 3.05) is 6.54 Å². The molecule has 1 amide bonds. The van der Waals surface area contributed by atoms with Gasteiger partial charge in [0, 0.05) is 29.6 Å². The van der Waals surface area contributed by atoms with Crippen LogP contribution in [0.4, 0.5) is 0 Å². The van der Waals surface area contributed by atoms with Gasteiger partial charge in [0.05, 0.1) is 5.56 Å². The molecule has 5 heteroatoms. The minimum Gasteiger partial charge on any atom is -0.507 e. The van der Waals surface area contributed by atoms with Crippen LogP contribution in [0.1, 0.15) is 60.5 Å². The summed E-state index contributed by atoms with van der Waals surface area (Å²) < 4.78 is 0. The summed E-state index contributed by atoms with van der Waals surface area (Å²) in [6, 6.07) is 3.63. The predicted octanol–water partition coefficient (Wildman–Crippen LogP) is 3.35. The quantitative estimate of drug-likeness (QED) is 0.644. The zero-order valence-electron chi connectivity index (χ0n) is 15.9. The summed E-state index contributed by atoms with van der Waals surface area (Å²) in [5.41, 5.74) is 17.9. The molecule has 3 unspecified atom stereocenters. The molecule has 1 saturated heterocycles. The second-order valence-corrected chi connectivity index (χ2v) is 7.86. The predicted molar refractivity (Wildman–Crippen MR) is 107 cm³/mol. The Labute approximate surface area is 160 Å². The van der Waals surface area contributed by atoms with E-state index in [0.717, 1.165) is 36.9 Å². The Morgan fingerprint density at radius 1 is 1.37 bits per heavy atom. The smallest absolute Gasteiger partial charge is 0.252 e. The fraction of sp³-hybridized carbons (Fsp3) is 0.409. The van der Waals surface area contributed by atoms with E-state index in [9.17, 15) is 9.90 Å². The third kappa shape index (κ3) is 2.96. The third-order valence-electron chi connectivity index (χ3n) is 6.10. The fourth-order valence-corrected chi connectivity index (χ4v) is 4.74. The Hall–Kier alpha value is -2.53. The molecule has 27 heavy (non-hydrogen) atoms. The minimum atomic E-state index is -0.587. The zero-order valence-corrected chi connectivity index (χ0v) is 15.9. The van der Waals surface area contributed by atoms with Gasteiger partial charge >= 0.3 is 0 Å². The number of hydrogen-bond acceptors (Lipinski definition) is 4. The number of nitrogens with one attached hydrogen (secondary N) is 2. The SMILES string of the molecule is CCCC(C)c1c(C2=CC=C3C=C4NNCC4CC32)ccc(C(N)=O)c1O. The average Bonchev–Trinajstić information content (AvgIpc) is 3.25. The second-order valence-electron chi connectivity index (χ2n) is 7.86. The van der Waals surface area contributed by atoms with Crippen molar-refractivity contribution >= 4 is 11.5 Å². The highest BCUT2D eigenvalue weighted by Crippen LogP contribution is 2.48. The Morgan fingerprint density at radius 3 is 2.93 bits per heavy atom. The van der Waals surface area contributed by atoms with Crippen LogP contribution in [0.25, 0.3) is 5.57 Å². The second kappa shape index (κ2) is 6.89. The first-order valence-corrected chi connectivity index (χ1v) is 9.79. The molecule has 1 aliphatic heterocycles. The van der Waals surface area contributed by atoms with Crippen LogP contribution in [0.3, 0.4) is 0 Å². The molecular formula is C22H27N3O2. The maximum absolute atomic E-state index is 11.8. The van der Waals surface area contributed by atoms with Crippen molar-refractivity contribution in [3.63, 3.8) is 0 Å². The molecule has 2 aliphatic carbocycles. The summed E-state index contributed by atoms with van der Waals surface area (Å²) in [7, 11) is 0. The molecule has 3 aliphatic rings. The number of primary amides is 1. The molecule has 0 spiro atoms. The molecular weight excluding hydrogens is 338 g/mol. The van der Waals surface area contributed by atoms with E-state index in [1.165, 1.54) is 16.8 Å². The van der Waals surface area contributed by atoms with Gasteiger partial charge in [0.25, 0.3) is 5.91 Å². The normalized spacial score (nSPS) is 24.3. The number of rotatable bonds is 5. The topological polar surface area (TPSA) is 87.4 Å². The molecule has 3 atom stereocenters. The van der Waals surface area contributed by atoms with Gasteiger partial charge in [0.15, 0.2) is 0 Å². The maximum atomic E-state index is 11.8. The van der Waals surface area contributed by atoms with Crippen molar-refractivity contribution < 1.29 is 9.90 Å². The zero-order chi connectivity index (χ0) is 19.1. The van der Waals surface area contributed by atoms with Gasteiger partial charge in [-0.05, 0) is 47.6 Å². The lowest BCUT2D eigenvalue weighted by molar-refractivity contribution is 0.0997. The first kappa shape index (κ1) is 17.9. The number of aromatic hydroxyl groups is 1. The number of carbonyl (C=O) groups is 1. The molecule has 5 N–H and O–H groups in total. The molecule has 5 nitrogen and oxygen atoms in total. The number of hydrazine groups is 1. The van der Waals surface area contributed by atoms with E-state index in [-0.39, 0.29) is 17.2 Å². The molecule has 1 aromatic carbocycles. The Morgan fingerprint density at radius 2 is 2.19 bits per heavy atom. The van der Waals surface area contributed by atoms with Gasteiger partial charge in [0.2, 0.25) is 0 Å². The van der Waals surface area contributed by atoms with Gasteiger partial charge < -0.3 is 16.3 Å². The number of phenols is 1. The summed E-state index contributed by atoms with van der Waals surface area (Å²) in [5, 5.41) is 10.9. The van der Waals surface area contributed by atoms with Gasteiger partial charge in [-0.2, -0.15) is 0 Å². The third-order valence-corrected chi connectivity index (χ3v) is 6.10.